The van der Waals surface area contributed by atoms with Crippen LogP contribution >= 0.6 is 11.6 Å². The Balaban J connectivity index is 1.93. The summed E-state index contributed by atoms with van der Waals surface area (Å²) in [6.07, 6.45) is 0.843. The van der Waals surface area contributed by atoms with E-state index in [4.69, 9.17) is 11.6 Å². The Morgan fingerprint density at radius 2 is 1.67 bits per heavy atom. The summed E-state index contributed by atoms with van der Waals surface area (Å²) in [4.78, 5) is 12.4. The van der Waals surface area contributed by atoms with Crippen LogP contribution in [0.1, 0.15) is 57.3 Å². The number of halogens is 4. The van der Waals surface area contributed by atoms with Crippen molar-refractivity contribution in [2.75, 3.05) is 5.32 Å². The molecular formula is C25H29ClF3NO5S. The monoisotopic (exact) mass is 547 g/mol. The van der Waals surface area contributed by atoms with Gasteiger partial charge < -0.3 is 15.5 Å². The third kappa shape index (κ3) is 5.72. The fourth-order valence-corrected chi connectivity index (χ4v) is 7.26. The summed E-state index contributed by atoms with van der Waals surface area (Å²) in [5.41, 5.74) is -3.52. The smallest absolute Gasteiger partial charge is 0.255 e. The summed E-state index contributed by atoms with van der Waals surface area (Å²) in [7, 11) is -4.09. The van der Waals surface area contributed by atoms with Gasteiger partial charge in [0.15, 0.2) is 27.3 Å². The number of amides is 1. The number of sulfone groups is 1. The fraction of sp³-hybridized carbons (Fsp3) is 0.480. The van der Waals surface area contributed by atoms with E-state index in [1.165, 1.54) is 32.9 Å². The molecule has 0 radical (unpaired) electrons. The molecule has 6 nitrogen and oxygen atoms in total. The van der Waals surface area contributed by atoms with E-state index in [1.54, 1.807) is 0 Å². The average Bonchev–Trinajstić information content (AvgIpc) is 3.11. The van der Waals surface area contributed by atoms with Gasteiger partial charge in [0.1, 0.15) is 0 Å². The molecule has 0 saturated heterocycles. The van der Waals surface area contributed by atoms with Gasteiger partial charge in [-0.25, -0.2) is 21.6 Å². The Morgan fingerprint density at radius 3 is 2.22 bits per heavy atom. The van der Waals surface area contributed by atoms with Crippen molar-refractivity contribution in [1.29, 1.82) is 0 Å². The first-order chi connectivity index (χ1) is 16.4. The first-order valence-corrected chi connectivity index (χ1v) is 13.3. The highest BCUT2D eigenvalue weighted by Gasteiger charge is 2.48. The molecule has 11 heteroatoms. The van der Waals surface area contributed by atoms with E-state index >= 15 is 0 Å². The molecule has 2 aromatic rings. The van der Waals surface area contributed by atoms with E-state index in [0.29, 0.717) is 25.0 Å². The lowest BCUT2D eigenvalue weighted by Gasteiger charge is -2.38. The maximum absolute atomic E-state index is 13.7. The zero-order valence-corrected chi connectivity index (χ0v) is 21.9. The summed E-state index contributed by atoms with van der Waals surface area (Å²) in [5, 5.41) is 22.4. The van der Waals surface area contributed by atoms with Crippen LogP contribution in [0.5, 0.6) is 0 Å². The fourth-order valence-electron chi connectivity index (χ4n) is 4.57. The van der Waals surface area contributed by atoms with Crippen LogP contribution in [0.2, 0.25) is 5.02 Å². The molecule has 3 N–H and O–H groups in total. The summed E-state index contributed by atoms with van der Waals surface area (Å²) in [6.45, 7) is 6.26. The summed E-state index contributed by atoms with van der Waals surface area (Å²) in [5.74, 6) is -6.00. The second kappa shape index (κ2) is 9.96. The van der Waals surface area contributed by atoms with Crippen molar-refractivity contribution in [2.24, 2.45) is 11.8 Å². The first kappa shape index (κ1) is 28.4. The van der Waals surface area contributed by atoms with E-state index in [0.717, 1.165) is 6.07 Å². The van der Waals surface area contributed by atoms with Crippen molar-refractivity contribution in [1.82, 2.24) is 0 Å². The number of aliphatic hydroxyl groups is 2. The van der Waals surface area contributed by atoms with E-state index in [-0.39, 0.29) is 33.5 Å². The molecule has 1 amide bonds. The first-order valence-electron chi connectivity index (χ1n) is 11.4. The van der Waals surface area contributed by atoms with Gasteiger partial charge in [0.05, 0.1) is 26.4 Å². The molecule has 4 atom stereocenters. The number of hydrogen-bond donors (Lipinski definition) is 3. The van der Waals surface area contributed by atoms with Gasteiger partial charge in [0.2, 0.25) is 0 Å². The van der Waals surface area contributed by atoms with Gasteiger partial charge in [-0.3, -0.25) is 4.79 Å². The number of nitrogens with one attached hydrogen (secondary N) is 1. The average molecular weight is 548 g/mol. The molecule has 1 saturated carbocycles. The molecule has 1 fully saturated rings. The minimum absolute atomic E-state index is 0.0286. The number of anilines is 1. The molecule has 0 aromatic heterocycles. The van der Waals surface area contributed by atoms with Crippen LogP contribution in [0.3, 0.4) is 0 Å². The van der Waals surface area contributed by atoms with Crippen molar-refractivity contribution in [3.63, 3.8) is 0 Å². The van der Waals surface area contributed by atoms with Gasteiger partial charge in [-0.2, -0.15) is 0 Å². The maximum atomic E-state index is 13.7. The molecule has 0 bridgehead atoms. The van der Waals surface area contributed by atoms with Crippen LogP contribution in [0.15, 0.2) is 35.2 Å². The van der Waals surface area contributed by atoms with Gasteiger partial charge in [0, 0.05) is 23.4 Å². The lowest BCUT2D eigenvalue weighted by Crippen LogP contribution is -2.49. The van der Waals surface area contributed by atoms with Crippen molar-refractivity contribution >= 4 is 33.0 Å². The minimum Gasteiger partial charge on any atom is -0.387 e. The Kier molecular flexibility index (Phi) is 7.87. The van der Waals surface area contributed by atoms with Crippen molar-refractivity contribution in [3.8, 4) is 0 Å². The normalized spacial score (nSPS) is 22.3. The number of carbonyl (C=O) groups excluding carboxylic acids is 1. The molecular weight excluding hydrogens is 519 g/mol. The lowest BCUT2D eigenvalue weighted by molar-refractivity contribution is -0.130. The van der Waals surface area contributed by atoms with E-state index < -0.39 is 55.6 Å². The summed E-state index contributed by atoms with van der Waals surface area (Å²) in [6, 6.07) is 4.76. The quantitative estimate of drug-likeness (QED) is 0.418. The van der Waals surface area contributed by atoms with Crippen LogP contribution in [-0.2, 0) is 9.84 Å². The maximum Gasteiger partial charge on any atom is 0.255 e. The second-order valence-electron chi connectivity index (χ2n) is 10.3. The zero-order valence-electron chi connectivity index (χ0n) is 20.3. The topological polar surface area (TPSA) is 104 Å². The van der Waals surface area contributed by atoms with Crippen LogP contribution < -0.4 is 5.32 Å². The standard InChI is InChI=1S/C25H29ClF3NO5S/c1-13-7-15(12-25(4,33)24(2,3)32)20(8-13)36(34,35)21-9-14(5-6-17(21)26)23(31)30-16-10-18(27)22(29)19(28)11-16/h5-6,9-11,13,15,20,32-33H,7-8,12H2,1-4H3,(H,30,31)/t13-,15?,20-,25-/m0/s1. The number of carbonyl (C=O) groups is 1. The number of rotatable bonds is 7. The molecule has 0 aliphatic heterocycles. The molecule has 198 valence electrons. The van der Waals surface area contributed by atoms with Crippen LogP contribution in [0.4, 0.5) is 18.9 Å². The molecule has 0 spiro atoms. The van der Waals surface area contributed by atoms with Crippen LogP contribution in [-0.4, -0.2) is 41.0 Å². The van der Waals surface area contributed by atoms with E-state index in [1.807, 2.05) is 6.92 Å². The molecule has 1 aliphatic carbocycles. The molecule has 2 aromatic carbocycles. The summed E-state index contributed by atoms with van der Waals surface area (Å²) >= 11 is 6.23. The Bertz CT molecular complexity index is 1250. The van der Waals surface area contributed by atoms with Gasteiger partial charge >= 0.3 is 0 Å². The Labute approximate surface area is 213 Å². The van der Waals surface area contributed by atoms with Crippen molar-refractivity contribution < 1.29 is 36.6 Å². The van der Waals surface area contributed by atoms with Crippen LogP contribution in [0, 0.1) is 29.3 Å². The third-order valence-corrected chi connectivity index (χ3v) is 9.75. The van der Waals surface area contributed by atoms with Gasteiger partial charge in [-0.1, -0.05) is 18.5 Å². The molecule has 0 heterocycles. The minimum atomic E-state index is -4.09. The third-order valence-electron chi connectivity index (χ3n) is 6.98. The van der Waals surface area contributed by atoms with Gasteiger partial charge in [0.25, 0.3) is 5.91 Å². The highest BCUT2D eigenvalue weighted by molar-refractivity contribution is 7.92. The van der Waals surface area contributed by atoms with Crippen molar-refractivity contribution in [2.45, 2.75) is 68.3 Å². The lowest BCUT2D eigenvalue weighted by atomic mass is 9.79. The number of benzene rings is 2. The zero-order chi connectivity index (χ0) is 27.2. The molecule has 1 aliphatic rings. The van der Waals surface area contributed by atoms with E-state index in [2.05, 4.69) is 5.32 Å². The molecule has 1 unspecified atom stereocenters. The SMILES string of the molecule is C[C@H]1CC(C[C@](C)(O)C(C)(C)O)[C@@H](S(=O)(=O)c2cc(C(=O)Nc3cc(F)c(F)c(F)c3)ccc2Cl)C1. The predicted molar refractivity (Wildman–Crippen MR) is 130 cm³/mol. The highest BCUT2D eigenvalue weighted by Crippen LogP contribution is 2.44. The van der Waals surface area contributed by atoms with Gasteiger partial charge in [-0.15, -0.1) is 0 Å². The number of hydrogen-bond acceptors (Lipinski definition) is 5. The Morgan fingerprint density at radius 1 is 1.08 bits per heavy atom. The largest absolute Gasteiger partial charge is 0.387 e. The summed E-state index contributed by atoms with van der Waals surface area (Å²) < 4.78 is 67.6. The van der Waals surface area contributed by atoms with Gasteiger partial charge in [-0.05, 0) is 70.1 Å². The van der Waals surface area contributed by atoms with Crippen LogP contribution in [0.25, 0.3) is 0 Å². The predicted octanol–water partition coefficient (Wildman–Crippen LogP) is 5.11. The highest BCUT2D eigenvalue weighted by atomic mass is 35.5. The second-order valence-corrected chi connectivity index (χ2v) is 12.9. The Hall–Kier alpha value is -2.14. The van der Waals surface area contributed by atoms with Crippen molar-refractivity contribution in [3.05, 3.63) is 58.4 Å². The molecule has 3 rings (SSSR count). The van der Waals surface area contributed by atoms with E-state index in [9.17, 15) is 36.6 Å². The molecule has 36 heavy (non-hydrogen) atoms.